The van der Waals surface area contributed by atoms with Crippen molar-refractivity contribution in [2.75, 3.05) is 6.54 Å². The molecule has 0 spiro atoms. The maximum absolute atomic E-state index is 8.24. The maximum Gasteiger partial charge on any atom is 0.0667 e. The molecular weight excluding hydrogens is 218 g/mol. The van der Waals surface area contributed by atoms with E-state index in [4.69, 9.17) is 11.1 Å². The third-order valence-electron chi connectivity index (χ3n) is 2.46. The quantitative estimate of drug-likeness (QED) is 0.426. The Hall–Kier alpha value is -2.49. The molecule has 0 atom stereocenters. The molecule has 1 aromatic rings. The Morgan fingerprint density at radius 3 is 2.71 bits per heavy atom. The second kappa shape index (κ2) is 5.03. The van der Waals surface area contributed by atoms with Crippen LogP contribution >= 0.6 is 0 Å². The third kappa shape index (κ3) is 2.55. The largest absolute Gasteiger partial charge is 0.257 e. The lowest BCUT2D eigenvalue weighted by Crippen LogP contribution is -2.00. The highest BCUT2D eigenvalue weighted by Crippen LogP contribution is 2.28. The van der Waals surface area contributed by atoms with Gasteiger partial charge >= 0.3 is 0 Å². The van der Waals surface area contributed by atoms with Crippen molar-refractivity contribution in [1.29, 1.82) is 0 Å². The first-order chi connectivity index (χ1) is 8.33. The molecule has 1 heterocycles. The molecule has 0 aliphatic carbocycles. The second-order valence-corrected chi connectivity index (χ2v) is 3.60. The minimum absolute atomic E-state index is 0.302. The van der Waals surface area contributed by atoms with E-state index in [9.17, 15) is 0 Å². The molecule has 2 rings (SSSR count). The van der Waals surface area contributed by atoms with Crippen molar-refractivity contribution in [3.8, 4) is 0 Å². The van der Waals surface area contributed by atoms with E-state index in [1.807, 2.05) is 18.2 Å². The van der Waals surface area contributed by atoms with Gasteiger partial charge in [0.05, 0.1) is 18.8 Å². The van der Waals surface area contributed by atoms with Gasteiger partial charge in [0, 0.05) is 22.0 Å². The molecule has 7 nitrogen and oxygen atoms in total. The van der Waals surface area contributed by atoms with Gasteiger partial charge in [-0.1, -0.05) is 22.4 Å². The van der Waals surface area contributed by atoms with Gasteiger partial charge in [-0.15, -0.1) is 0 Å². The Balaban J connectivity index is 2.19. The summed E-state index contributed by atoms with van der Waals surface area (Å²) in [5.74, 6) is 0. The summed E-state index contributed by atoms with van der Waals surface area (Å²) in [6, 6.07) is 5.77. The molecule has 0 bridgehead atoms. The van der Waals surface area contributed by atoms with Gasteiger partial charge < -0.3 is 0 Å². The normalized spacial score (nSPS) is 12.1. The lowest BCUT2D eigenvalue weighted by atomic mass is 10.1. The summed E-state index contributed by atoms with van der Waals surface area (Å²) in [4.78, 5) is 9.80. The van der Waals surface area contributed by atoms with Crippen molar-refractivity contribution in [1.82, 2.24) is 0 Å². The first kappa shape index (κ1) is 11.0. The van der Waals surface area contributed by atoms with Crippen LogP contribution in [0.3, 0.4) is 0 Å². The minimum atomic E-state index is 0.302. The molecule has 84 valence electrons. The molecule has 0 N–H and O–H groups in total. The number of aliphatic imine (C=N–C) groups is 1. The molecule has 0 amide bonds. The summed E-state index contributed by atoms with van der Waals surface area (Å²) in [5, 5.41) is 6.99. The maximum atomic E-state index is 8.24. The Labute approximate surface area is 97.0 Å². The van der Waals surface area contributed by atoms with Crippen LogP contribution in [0.4, 0.5) is 5.69 Å². The molecule has 1 aromatic carbocycles. The monoisotopic (exact) mass is 227 g/mol. The van der Waals surface area contributed by atoms with E-state index in [2.05, 4.69) is 25.0 Å². The Bertz CT molecular complexity index is 562. The van der Waals surface area contributed by atoms with Gasteiger partial charge in [-0.25, -0.2) is 0 Å². The van der Waals surface area contributed by atoms with Crippen molar-refractivity contribution in [2.45, 2.75) is 13.0 Å². The summed E-state index contributed by atoms with van der Waals surface area (Å²) < 4.78 is 0. The summed E-state index contributed by atoms with van der Waals surface area (Å²) in [6.45, 7) is 0.627. The molecule has 0 saturated heterocycles. The Kier molecular flexibility index (Phi) is 3.25. The number of fused-ring (bicyclic) bond motifs is 1. The smallest absolute Gasteiger partial charge is 0.0667 e. The van der Waals surface area contributed by atoms with Gasteiger partial charge in [0.1, 0.15) is 0 Å². The van der Waals surface area contributed by atoms with E-state index in [1.165, 1.54) is 0 Å². The molecule has 17 heavy (non-hydrogen) atoms. The average molecular weight is 227 g/mol. The van der Waals surface area contributed by atoms with Crippen molar-refractivity contribution < 1.29 is 0 Å². The highest BCUT2D eigenvalue weighted by Gasteiger charge is 2.13. The highest BCUT2D eigenvalue weighted by atomic mass is 15.1. The zero-order valence-electron chi connectivity index (χ0n) is 8.98. The van der Waals surface area contributed by atoms with Gasteiger partial charge in [0.15, 0.2) is 0 Å². The average Bonchev–Trinajstić information content (AvgIpc) is 2.75. The van der Waals surface area contributed by atoms with E-state index in [1.54, 1.807) is 0 Å². The first-order valence-corrected chi connectivity index (χ1v) is 5.03. The van der Waals surface area contributed by atoms with Crippen molar-refractivity contribution in [2.24, 2.45) is 15.2 Å². The summed E-state index contributed by atoms with van der Waals surface area (Å²) in [7, 11) is 0. The zero-order valence-corrected chi connectivity index (χ0v) is 8.98. The van der Waals surface area contributed by atoms with Crippen LogP contribution in [0, 0.1) is 0 Å². The summed E-state index contributed by atoms with van der Waals surface area (Å²) in [5.41, 5.74) is 20.3. The number of rotatable bonds is 4. The summed E-state index contributed by atoms with van der Waals surface area (Å²) in [6.07, 6.45) is 0.718. The highest BCUT2D eigenvalue weighted by molar-refractivity contribution is 5.95. The molecule has 0 saturated carbocycles. The van der Waals surface area contributed by atoms with Gasteiger partial charge in [0.2, 0.25) is 0 Å². The number of nitrogens with zero attached hydrogens (tertiary/aromatic N) is 7. The van der Waals surface area contributed by atoms with Crippen LogP contribution in [-0.2, 0) is 13.0 Å². The lowest BCUT2D eigenvalue weighted by molar-refractivity contribution is 1.05. The zero-order chi connectivity index (χ0) is 12.1. The summed E-state index contributed by atoms with van der Waals surface area (Å²) >= 11 is 0. The van der Waals surface area contributed by atoms with Gasteiger partial charge in [-0.2, -0.15) is 0 Å². The fraction of sp³-hybridized carbons (Fsp3) is 0.300. The van der Waals surface area contributed by atoms with E-state index in [-0.39, 0.29) is 0 Å². The van der Waals surface area contributed by atoms with Crippen LogP contribution in [0.2, 0.25) is 0 Å². The van der Waals surface area contributed by atoms with Crippen LogP contribution in [0.15, 0.2) is 33.4 Å². The van der Waals surface area contributed by atoms with Crippen LogP contribution < -0.4 is 0 Å². The SMILES string of the molecule is [N-]=[N+]=NCC1=Nc2cc(CN=[N+]=[N-])ccc2C1. The van der Waals surface area contributed by atoms with Gasteiger partial charge in [-0.05, 0) is 28.3 Å². The van der Waals surface area contributed by atoms with Gasteiger partial charge in [-0.3, -0.25) is 4.99 Å². The molecule has 7 heteroatoms. The van der Waals surface area contributed by atoms with E-state index < -0.39 is 0 Å². The standard InChI is InChI=1S/C10H9N7/c11-16-13-5-7-1-2-8-4-9(6-14-17-12)15-10(8)3-7/h1-3H,4-6H2. The first-order valence-electron chi connectivity index (χ1n) is 5.03. The predicted molar refractivity (Wildman–Crippen MR) is 64.1 cm³/mol. The molecule has 1 aliphatic heterocycles. The van der Waals surface area contributed by atoms with Crippen LogP contribution in [0.1, 0.15) is 11.1 Å². The third-order valence-corrected chi connectivity index (χ3v) is 2.46. The van der Waals surface area contributed by atoms with Crippen LogP contribution in [-0.4, -0.2) is 12.3 Å². The van der Waals surface area contributed by atoms with Crippen LogP contribution in [0.5, 0.6) is 0 Å². The number of azide groups is 2. The lowest BCUT2D eigenvalue weighted by Gasteiger charge is -1.99. The van der Waals surface area contributed by atoms with Crippen LogP contribution in [0.25, 0.3) is 20.9 Å². The fourth-order valence-corrected chi connectivity index (χ4v) is 1.71. The van der Waals surface area contributed by atoms with E-state index in [0.29, 0.717) is 13.1 Å². The van der Waals surface area contributed by atoms with Gasteiger partial charge in [0.25, 0.3) is 0 Å². The topological polar surface area (TPSA) is 110 Å². The van der Waals surface area contributed by atoms with Crippen molar-refractivity contribution in [3.63, 3.8) is 0 Å². The predicted octanol–water partition coefficient (Wildman–Crippen LogP) is 3.44. The van der Waals surface area contributed by atoms with Crippen molar-refractivity contribution >= 4 is 11.4 Å². The minimum Gasteiger partial charge on any atom is -0.257 e. The number of hydrogen-bond acceptors (Lipinski definition) is 3. The molecule has 0 unspecified atom stereocenters. The fourth-order valence-electron chi connectivity index (χ4n) is 1.71. The molecule has 0 fully saturated rings. The van der Waals surface area contributed by atoms with E-state index in [0.717, 1.165) is 28.9 Å². The van der Waals surface area contributed by atoms with Crippen molar-refractivity contribution in [3.05, 3.63) is 50.2 Å². The molecular formula is C10H9N7. The Morgan fingerprint density at radius 2 is 1.94 bits per heavy atom. The van der Waals surface area contributed by atoms with E-state index >= 15 is 0 Å². The second-order valence-electron chi connectivity index (χ2n) is 3.60. The molecule has 0 aromatic heterocycles. The Morgan fingerprint density at radius 1 is 1.18 bits per heavy atom. The number of hydrogen-bond donors (Lipinski definition) is 0. The number of benzene rings is 1. The molecule has 1 aliphatic rings. The molecule has 0 radical (unpaired) electrons.